The van der Waals surface area contributed by atoms with E-state index < -0.39 is 60.4 Å². The van der Waals surface area contributed by atoms with Crippen molar-refractivity contribution in [3.63, 3.8) is 0 Å². The highest BCUT2D eigenvalue weighted by Crippen LogP contribution is 2.35. The number of methoxy groups -OCH3 is 1. The third-order valence-corrected chi connectivity index (χ3v) is 4.21. The van der Waals surface area contributed by atoms with Gasteiger partial charge in [-0.2, -0.15) is 0 Å². The van der Waals surface area contributed by atoms with Gasteiger partial charge in [-0.15, -0.1) is 0 Å². The summed E-state index contributed by atoms with van der Waals surface area (Å²) in [7, 11) is 0.970. The first kappa shape index (κ1) is 20.0. The van der Waals surface area contributed by atoms with Gasteiger partial charge in [0.05, 0.1) is 19.8 Å². The summed E-state index contributed by atoms with van der Waals surface area (Å²) in [5.41, 5.74) is 0. The number of aliphatic hydroxyl groups excluding tert-OH is 1. The quantitative estimate of drug-likeness (QED) is 0.542. The smallest absolute Gasteiger partial charge is 0.369 e. The van der Waals surface area contributed by atoms with Gasteiger partial charge in [0.1, 0.15) is 18.3 Å². The Balaban J connectivity index is 2.25. The predicted octanol–water partition coefficient (Wildman–Crippen LogP) is -1.01. The van der Waals surface area contributed by atoms with Crippen LogP contribution in [-0.4, -0.2) is 77.9 Å². The molecule has 144 valence electrons. The van der Waals surface area contributed by atoms with Gasteiger partial charge in [0.2, 0.25) is 5.91 Å². The molecule has 25 heavy (non-hydrogen) atoms. The van der Waals surface area contributed by atoms with Crippen LogP contribution < -0.4 is 5.32 Å². The largest absolute Gasteiger partial charge is 0.465 e. The van der Waals surface area contributed by atoms with E-state index in [0.717, 1.165) is 7.11 Å². The molecule has 0 aromatic carbocycles. The van der Waals surface area contributed by atoms with E-state index in [9.17, 15) is 24.2 Å². The molecular weight excluding hydrogens is 341 g/mol. The average Bonchev–Trinajstić information content (AvgIpc) is 2.88. The van der Waals surface area contributed by atoms with Crippen LogP contribution in [0.25, 0.3) is 0 Å². The van der Waals surface area contributed by atoms with Crippen LogP contribution in [0.3, 0.4) is 0 Å². The maximum Gasteiger partial charge on any atom is 0.369 e. The standard InChI is InChI=1S/C15H24FNO8/c1-7(18)17-8-5-10(16)15(21,13(20)22-4)25-12(8)11(19)9-6-23-14(2,3)24-9/h8-12,19,21H,5-6H2,1-4H3,(H,17,18)/t8-,9?,10-,11?,12-,15+/m1/s1. The van der Waals surface area contributed by atoms with Gasteiger partial charge in [-0.05, 0) is 13.8 Å². The minimum Gasteiger partial charge on any atom is -0.465 e. The number of hydrogen-bond donors (Lipinski definition) is 3. The molecule has 2 aliphatic rings. The lowest BCUT2D eigenvalue weighted by molar-refractivity contribution is -0.303. The molecule has 2 saturated heterocycles. The Bertz CT molecular complexity index is 530. The van der Waals surface area contributed by atoms with Gasteiger partial charge in [-0.3, -0.25) is 4.79 Å². The summed E-state index contributed by atoms with van der Waals surface area (Å²) < 4.78 is 34.8. The van der Waals surface area contributed by atoms with Crippen molar-refractivity contribution < 1.29 is 43.1 Å². The predicted molar refractivity (Wildman–Crippen MR) is 79.9 cm³/mol. The summed E-state index contributed by atoms with van der Waals surface area (Å²) >= 11 is 0. The van der Waals surface area contributed by atoms with Crippen molar-refractivity contribution in [2.45, 2.75) is 69.3 Å². The number of carbonyl (C=O) groups excluding carboxylic acids is 2. The number of hydrogen-bond acceptors (Lipinski definition) is 8. The number of halogens is 1. The first-order valence-corrected chi connectivity index (χ1v) is 7.90. The molecule has 0 spiro atoms. The molecule has 0 bridgehead atoms. The van der Waals surface area contributed by atoms with Crippen LogP contribution in [0.15, 0.2) is 0 Å². The Morgan fingerprint density at radius 2 is 2.00 bits per heavy atom. The van der Waals surface area contributed by atoms with Gasteiger partial charge in [0, 0.05) is 13.3 Å². The Labute approximate surface area is 144 Å². The third kappa shape index (κ3) is 4.09. The van der Waals surface area contributed by atoms with Crippen molar-refractivity contribution in [2.75, 3.05) is 13.7 Å². The molecule has 6 atom stereocenters. The second-order valence-corrected chi connectivity index (χ2v) is 6.64. The molecule has 9 nitrogen and oxygen atoms in total. The van der Waals surface area contributed by atoms with Gasteiger partial charge >= 0.3 is 5.97 Å². The molecule has 0 saturated carbocycles. The molecule has 2 fully saturated rings. The fourth-order valence-electron chi connectivity index (χ4n) is 3.01. The van der Waals surface area contributed by atoms with Gasteiger partial charge in [0.15, 0.2) is 12.0 Å². The van der Waals surface area contributed by atoms with E-state index >= 15 is 0 Å². The number of amides is 1. The molecule has 0 aliphatic carbocycles. The second-order valence-electron chi connectivity index (χ2n) is 6.64. The maximum absolute atomic E-state index is 14.3. The fourth-order valence-corrected chi connectivity index (χ4v) is 3.01. The zero-order valence-electron chi connectivity index (χ0n) is 14.5. The minimum absolute atomic E-state index is 0.0243. The normalized spacial score (nSPS) is 38.8. The molecular formula is C15H24FNO8. The summed E-state index contributed by atoms with van der Waals surface area (Å²) in [6, 6.07) is -0.986. The minimum atomic E-state index is -2.88. The lowest BCUT2D eigenvalue weighted by Crippen LogP contribution is -2.66. The Hall–Kier alpha value is -1.33. The highest BCUT2D eigenvalue weighted by Gasteiger charge is 2.58. The maximum atomic E-state index is 14.3. The van der Waals surface area contributed by atoms with E-state index in [1.54, 1.807) is 13.8 Å². The first-order chi connectivity index (χ1) is 11.5. The average molecular weight is 365 g/mol. The molecule has 1 amide bonds. The fraction of sp³-hybridized carbons (Fsp3) is 0.867. The summed E-state index contributed by atoms with van der Waals surface area (Å²) in [5.74, 6) is -5.64. The Kier molecular flexibility index (Phi) is 5.69. The van der Waals surface area contributed by atoms with Gasteiger partial charge < -0.3 is 34.5 Å². The van der Waals surface area contributed by atoms with Crippen molar-refractivity contribution in [3.8, 4) is 0 Å². The van der Waals surface area contributed by atoms with Crippen LogP contribution in [0, 0.1) is 0 Å². The monoisotopic (exact) mass is 365 g/mol. The van der Waals surface area contributed by atoms with Gasteiger partial charge in [-0.1, -0.05) is 0 Å². The molecule has 0 aromatic heterocycles. The van der Waals surface area contributed by atoms with E-state index in [0.29, 0.717) is 0 Å². The van der Waals surface area contributed by atoms with Crippen LogP contribution in [-0.2, 0) is 28.5 Å². The number of carbonyl (C=O) groups is 2. The SMILES string of the molecule is COC(=O)[C@@]1(O)O[C@@H](C(O)C2COC(C)(C)O2)[C@H](NC(C)=O)C[C@H]1F. The number of rotatable bonds is 4. The molecule has 2 heterocycles. The lowest BCUT2D eigenvalue weighted by Gasteiger charge is -2.44. The van der Waals surface area contributed by atoms with E-state index in [-0.39, 0.29) is 6.61 Å². The number of aliphatic hydroxyl groups is 2. The van der Waals surface area contributed by atoms with Crippen molar-refractivity contribution in [1.29, 1.82) is 0 Å². The molecule has 2 rings (SSSR count). The van der Waals surface area contributed by atoms with E-state index in [4.69, 9.17) is 14.2 Å². The van der Waals surface area contributed by atoms with Crippen molar-refractivity contribution >= 4 is 11.9 Å². The van der Waals surface area contributed by atoms with Crippen LogP contribution in [0.1, 0.15) is 27.2 Å². The van der Waals surface area contributed by atoms with E-state index in [1.165, 1.54) is 6.92 Å². The van der Waals surface area contributed by atoms with Gasteiger partial charge in [0.25, 0.3) is 5.79 Å². The number of alkyl halides is 1. The number of ether oxygens (including phenoxy) is 4. The molecule has 0 aromatic rings. The summed E-state index contributed by atoms with van der Waals surface area (Å²) in [6.45, 7) is 4.54. The zero-order valence-corrected chi connectivity index (χ0v) is 14.5. The summed E-state index contributed by atoms with van der Waals surface area (Å²) in [4.78, 5) is 23.1. The third-order valence-electron chi connectivity index (χ3n) is 4.21. The van der Waals surface area contributed by atoms with Crippen LogP contribution in [0.5, 0.6) is 0 Å². The number of esters is 1. The Morgan fingerprint density at radius 1 is 1.36 bits per heavy atom. The van der Waals surface area contributed by atoms with Crippen LogP contribution in [0.2, 0.25) is 0 Å². The highest BCUT2D eigenvalue weighted by atomic mass is 19.1. The van der Waals surface area contributed by atoms with E-state index in [1.807, 2.05) is 0 Å². The highest BCUT2D eigenvalue weighted by molar-refractivity contribution is 5.78. The zero-order chi connectivity index (χ0) is 19.0. The van der Waals surface area contributed by atoms with Crippen LogP contribution >= 0.6 is 0 Å². The van der Waals surface area contributed by atoms with Crippen molar-refractivity contribution in [3.05, 3.63) is 0 Å². The van der Waals surface area contributed by atoms with Crippen LogP contribution in [0.4, 0.5) is 4.39 Å². The molecule has 3 N–H and O–H groups in total. The van der Waals surface area contributed by atoms with Crippen molar-refractivity contribution in [2.24, 2.45) is 0 Å². The topological polar surface area (TPSA) is 124 Å². The second kappa shape index (κ2) is 7.12. The summed E-state index contributed by atoms with van der Waals surface area (Å²) in [6.07, 6.45) is -6.18. The molecule has 2 unspecified atom stereocenters. The number of nitrogens with one attached hydrogen (secondary N) is 1. The molecule has 0 radical (unpaired) electrons. The van der Waals surface area contributed by atoms with Gasteiger partial charge in [-0.25, -0.2) is 9.18 Å². The van der Waals surface area contributed by atoms with Crippen molar-refractivity contribution in [1.82, 2.24) is 5.32 Å². The molecule has 2 aliphatic heterocycles. The first-order valence-electron chi connectivity index (χ1n) is 7.90. The Morgan fingerprint density at radius 3 is 2.48 bits per heavy atom. The lowest BCUT2D eigenvalue weighted by atomic mass is 9.89. The molecule has 10 heteroatoms. The summed E-state index contributed by atoms with van der Waals surface area (Å²) in [5, 5.41) is 23.3. The van der Waals surface area contributed by atoms with E-state index in [2.05, 4.69) is 10.1 Å².